The molecule has 2 fully saturated rings. The zero-order valence-electron chi connectivity index (χ0n) is 10.1. The van der Waals surface area contributed by atoms with Crippen LogP contribution in [0.25, 0.3) is 0 Å². The van der Waals surface area contributed by atoms with Crippen molar-refractivity contribution in [2.45, 2.75) is 37.0 Å². The minimum atomic E-state index is -1.42. The normalized spacial score (nSPS) is 42.7. The Bertz CT molecular complexity index is 422. The van der Waals surface area contributed by atoms with Crippen LogP contribution >= 0.6 is 0 Å². The molecule has 6 atom stereocenters. The molecule has 0 aliphatic carbocycles. The molecule has 19 heavy (non-hydrogen) atoms. The Kier molecular flexibility index (Phi) is 3.53. The summed E-state index contributed by atoms with van der Waals surface area (Å²) >= 11 is 0. The summed E-state index contributed by atoms with van der Waals surface area (Å²) in [5.41, 5.74) is 0.828. The maximum atomic E-state index is 9.94. The number of ether oxygens (including phenoxy) is 3. The Morgan fingerprint density at radius 3 is 2.42 bits per heavy atom. The number of benzene rings is 1. The van der Waals surface area contributed by atoms with E-state index in [9.17, 15) is 15.3 Å². The van der Waals surface area contributed by atoms with E-state index in [1.165, 1.54) is 0 Å². The van der Waals surface area contributed by atoms with Gasteiger partial charge in [-0.25, -0.2) is 0 Å². The topological polar surface area (TPSA) is 88.4 Å². The highest BCUT2D eigenvalue weighted by molar-refractivity contribution is 5.16. The second-order valence-corrected chi connectivity index (χ2v) is 4.72. The smallest absolute Gasteiger partial charge is 0.184 e. The first-order valence-corrected chi connectivity index (χ1v) is 6.18. The van der Waals surface area contributed by atoms with Gasteiger partial charge in [-0.3, -0.25) is 0 Å². The molecule has 0 spiro atoms. The van der Waals surface area contributed by atoms with Crippen molar-refractivity contribution in [2.24, 2.45) is 0 Å². The number of hydrogen-bond donors (Lipinski definition) is 3. The molecule has 6 nitrogen and oxygen atoms in total. The van der Waals surface area contributed by atoms with Gasteiger partial charge in [0.1, 0.15) is 24.4 Å². The highest BCUT2D eigenvalue weighted by Gasteiger charge is 2.48. The van der Waals surface area contributed by atoms with Crippen molar-refractivity contribution in [3.05, 3.63) is 35.9 Å². The van der Waals surface area contributed by atoms with Gasteiger partial charge in [-0.2, -0.15) is 0 Å². The van der Waals surface area contributed by atoms with Gasteiger partial charge in [-0.1, -0.05) is 30.3 Å². The van der Waals surface area contributed by atoms with E-state index < -0.39 is 37.0 Å². The zero-order valence-corrected chi connectivity index (χ0v) is 10.1. The Morgan fingerprint density at radius 1 is 0.947 bits per heavy atom. The van der Waals surface area contributed by atoms with Gasteiger partial charge in [-0.05, 0) is 0 Å². The van der Waals surface area contributed by atoms with Gasteiger partial charge in [0, 0.05) is 5.56 Å². The Labute approximate surface area is 110 Å². The third kappa shape index (κ3) is 2.38. The van der Waals surface area contributed by atoms with Crippen LogP contribution in [0.1, 0.15) is 11.9 Å². The number of rotatable bonds is 1. The fourth-order valence-corrected chi connectivity index (χ4v) is 2.37. The Hall–Kier alpha value is -1.02. The van der Waals surface area contributed by atoms with E-state index in [0.717, 1.165) is 5.56 Å². The monoisotopic (exact) mass is 268 g/mol. The molecule has 3 rings (SSSR count). The van der Waals surface area contributed by atoms with Gasteiger partial charge in [0.15, 0.2) is 12.6 Å². The van der Waals surface area contributed by atoms with Gasteiger partial charge >= 0.3 is 0 Å². The van der Waals surface area contributed by atoms with Crippen molar-refractivity contribution < 1.29 is 29.5 Å². The first-order valence-electron chi connectivity index (χ1n) is 6.18. The van der Waals surface area contributed by atoms with Crippen LogP contribution in [0.2, 0.25) is 0 Å². The molecular formula is C13H16O6. The summed E-state index contributed by atoms with van der Waals surface area (Å²) in [5.74, 6) is 0. The molecule has 6 heteroatoms. The van der Waals surface area contributed by atoms with Crippen LogP contribution in [0, 0.1) is 0 Å². The van der Waals surface area contributed by atoms with E-state index in [1.54, 1.807) is 0 Å². The van der Waals surface area contributed by atoms with E-state index in [4.69, 9.17) is 14.2 Å². The predicted molar refractivity (Wildman–Crippen MR) is 62.9 cm³/mol. The lowest BCUT2D eigenvalue weighted by atomic mass is 9.98. The van der Waals surface area contributed by atoms with Crippen molar-refractivity contribution >= 4 is 0 Å². The maximum Gasteiger partial charge on any atom is 0.184 e. The first kappa shape index (κ1) is 13.0. The van der Waals surface area contributed by atoms with Crippen molar-refractivity contribution in [1.29, 1.82) is 0 Å². The first-order chi connectivity index (χ1) is 9.16. The number of fused-ring (bicyclic) bond motifs is 1. The van der Waals surface area contributed by atoms with Crippen LogP contribution in [-0.4, -0.2) is 52.6 Å². The number of aliphatic hydroxyl groups is 3. The molecule has 0 bridgehead atoms. The van der Waals surface area contributed by atoms with Crippen molar-refractivity contribution in [3.63, 3.8) is 0 Å². The van der Waals surface area contributed by atoms with E-state index in [2.05, 4.69) is 0 Å². The van der Waals surface area contributed by atoms with E-state index >= 15 is 0 Å². The van der Waals surface area contributed by atoms with E-state index in [0.29, 0.717) is 0 Å². The molecule has 2 aliphatic heterocycles. The minimum absolute atomic E-state index is 0.186. The summed E-state index contributed by atoms with van der Waals surface area (Å²) in [6.45, 7) is 0.186. The lowest BCUT2D eigenvalue weighted by molar-refractivity contribution is -0.354. The lowest BCUT2D eigenvalue weighted by Crippen LogP contribution is -2.61. The predicted octanol–water partition coefficient (Wildman–Crippen LogP) is -0.460. The molecule has 3 N–H and O–H groups in total. The zero-order chi connectivity index (χ0) is 13.4. The molecular weight excluding hydrogens is 252 g/mol. The molecule has 0 saturated carbocycles. The fourth-order valence-electron chi connectivity index (χ4n) is 2.37. The lowest BCUT2D eigenvalue weighted by Gasteiger charge is -2.45. The standard InChI is InChI=1S/C13H16O6/c14-9-10(15)12(16)18-8-6-17-13(19-11(8)9)7-4-2-1-3-5-7/h1-5,8-16H,6H2/t8?,9-,10+,11?,12-,13-/m0/s1. The van der Waals surface area contributed by atoms with Gasteiger partial charge in [0.2, 0.25) is 0 Å². The van der Waals surface area contributed by atoms with Crippen LogP contribution in [0.15, 0.2) is 30.3 Å². The van der Waals surface area contributed by atoms with Crippen molar-refractivity contribution in [3.8, 4) is 0 Å². The van der Waals surface area contributed by atoms with Gasteiger partial charge in [0.05, 0.1) is 6.61 Å². The van der Waals surface area contributed by atoms with Crippen LogP contribution in [-0.2, 0) is 14.2 Å². The number of hydrogen-bond acceptors (Lipinski definition) is 6. The van der Waals surface area contributed by atoms with Gasteiger partial charge < -0.3 is 29.5 Å². The Balaban J connectivity index is 1.75. The molecule has 0 aromatic heterocycles. The van der Waals surface area contributed by atoms with Gasteiger partial charge in [-0.15, -0.1) is 0 Å². The van der Waals surface area contributed by atoms with Crippen LogP contribution in [0.3, 0.4) is 0 Å². The molecule has 104 valence electrons. The second kappa shape index (κ2) is 5.16. The average Bonchev–Trinajstić information content (AvgIpc) is 2.46. The fraction of sp³-hybridized carbons (Fsp3) is 0.538. The third-order valence-corrected chi connectivity index (χ3v) is 3.42. The Morgan fingerprint density at radius 2 is 1.68 bits per heavy atom. The molecule has 0 amide bonds. The molecule has 2 heterocycles. The molecule has 2 aliphatic rings. The summed E-state index contributed by atoms with van der Waals surface area (Å²) in [6, 6.07) is 9.31. The molecule has 2 saturated heterocycles. The number of aliphatic hydroxyl groups excluding tert-OH is 3. The third-order valence-electron chi connectivity index (χ3n) is 3.42. The van der Waals surface area contributed by atoms with E-state index in [-0.39, 0.29) is 6.61 Å². The molecule has 1 aromatic rings. The summed E-state index contributed by atoms with van der Waals surface area (Å²) in [7, 11) is 0. The molecule has 1 aromatic carbocycles. The quantitative estimate of drug-likeness (QED) is 0.639. The SMILES string of the molecule is O[C@@H]1[C@H](O)C2O[C@@H](c3ccccc3)OCC2O[C@@H]1O. The van der Waals surface area contributed by atoms with Gasteiger partial charge in [0.25, 0.3) is 0 Å². The highest BCUT2D eigenvalue weighted by Crippen LogP contribution is 2.33. The average molecular weight is 268 g/mol. The molecule has 2 unspecified atom stereocenters. The van der Waals surface area contributed by atoms with Crippen LogP contribution < -0.4 is 0 Å². The maximum absolute atomic E-state index is 9.94. The van der Waals surface area contributed by atoms with Crippen molar-refractivity contribution in [2.75, 3.05) is 6.61 Å². The largest absolute Gasteiger partial charge is 0.387 e. The summed E-state index contributed by atoms with van der Waals surface area (Å²) in [6.07, 6.45) is -5.93. The van der Waals surface area contributed by atoms with Crippen molar-refractivity contribution in [1.82, 2.24) is 0 Å². The second-order valence-electron chi connectivity index (χ2n) is 4.72. The summed E-state index contributed by atoms with van der Waals surface area (Å²) < 4.78 is 16.3. The highest BCUT2D eigenvalue weighted by atomic mass is 16.7. The van der Waals surface area contributed by atoms with Crippen LogP contribution in [0.4, 0.5) is 0 Å². The van der Waals surface area contributed by atoms with Crippen LogP contribution in [0.5, 0.6) is 0 Å². The van der Waals surface area contributed by atoms with E-state index in [1.807, 2.05) is 30.3 Å². The summed E-state index contributed by atoms with van der Waals surface area (Å²) in [4.78, 5) is 0. The molecule has 0 radical (unpaired) electrons. The summed E-state index contributed by atoms with van der Waals surface area (Å²) in [5, 5.41) is 29.0. The minimum Gasteiger partial charge on any atom is -0.387 e.